The summed E-state index contributed by atoms with van der Waals surface area (Å²) < 4.78 is 7.45. The van der Waals surface area contributed by atoms with E-state index in [0.717, 1.165) is 69.4 Å². The minimum Gasteiger partial charge on any atom is -0.379 e. The van der Waals surface area contributed by atoms with Crippen LogP contribution in [-0.4, -0.2) is 59.6 Å². The first-order valence-electron chi connectivity index (χ1n) is 10.8. The summed E-state index contributed by atoms with van der Waals surface area (Å²) >= 11 is 0. The fraction of sp³-hybridized carbons (Fsp3) is 0.522. The summed E-state index contributed by atoms with van der Waals surface area (Å²) in [7, 11) is 0. The van der Waals surface area contributed by atoms with Crippen LogP contribution in [0.5, 0.6) is 0 Å². The number of rotatable bonds is 4. The molecule has 158 valence electrons. The monoisotopic (exact) mass is 408 g/mol. The van der Waals surface area contributed by atoms with Gasteiger partial charge in [0.1, 0.15) is 5.82 Å². The SMILES string of the molecule is CC(=O)c1ccc(N2C[C@@H]3C[C@H](C2)c2ccc(CN4CCOCC4)c(=O)n2C3)nc1. The second-order valence-corrected chi connectivity index (χ2v) is 8.75. The number of morpholine rings is 1. The van der Waals surface area contributed by atoms with Crippen molar-refractivity contribution in [3.05, 3.63) is 57.6 Å². The van der Waals surface area contributed by atoms with E-state index in [0.29, 0.717) is 23.9 Å². The third kappa shape index (κ3) is 3.68. The number of carbonyl (C=O) groups excluding carboxylic acids is 1. The summed E-state index contributed by atoms with van der Waals surface area (Å²) in [5.74, 6) is 1.71. The van der Waals surface area contributed by atoms with Crippen LogP contribution in [0.1, 0.15) is 40.9 Å². The van der Waals surface area contributed by atoms with Gasteiger partial charge in [-0.15, -0.1) is 0 Å². The lowest BCUT2D eigenvalue weighted by Crippen LogP contribution is -2.48. The van der Waals surface area contributed by atoms with Gasteiger partial charge >= 0.3 is 0 Å². The molecule has 2 atom stereocenters. The first kappa shape index (κ1) is 19.5. The third-order valence-corrected chi connectivity index (χ3v) is 6.66. The van der Waals surface area contributed by atoms with Crippen molar-refractivity contribution in [3.8, 4) is 0 Å². The molecule has 0 aliphatic carbocycles. The number of hydrogen-bond donors (Lipinski definition) is 0. The Hall–Kier alpha value is -2.51. The lowest BCUT2D eigenvalue weighted by molar-refractivity contribution is 0.0339. The summed E-state index contributed by atoms with van der Waals surface area (Å²) in [5, 5.41) is 0. The molecule has 3 aliphatic rings. The van der Waals surface area contributed by atoms with Crippen LogP contribution >= 0.6 is 0 Å². The Bertz CT molecular complexity index is 994. The summed E-state index contributed by atoms with van der Waals surface area (Å²) in [6.45, 7) is 8.03. The van der Waals surface area contributed by atoms with Gasteiger partial charge in [-0.1, -0.05) is 6.07 Å². The first-order valence-corrected chi connectivity index (χ1v) is 10.8. The van der Waals surface area contributed by atoms with Crippen LogP contribution in [0.2, 0.25) is 0 Å². The van der Waals surface area contributed by atoms with Crippen LogP contribution in [0.15, 0.2) is 35.3 Å². The molecule has 2 saturated heterocycles. The maximum absolute atomic E-state index is 13.2. The molecule has 5 heterocycles. The largest absolute Gasteiger partial charge is 0.379 e. The quantitative estimate of drug-likeness (QED) is 0.720. The van der Waals surface area contributed by atoms with Crippen molar-refractivity contribution in [2.24, 2.45) is 5.92 Å². The fourth-order valence-corrected chi connectivity index (χ4v) is 5.08. The molecule has 0 N–H and O–H groups in total. The Morgan fingerprint density at radius 1 is 1.13 bits per heavy atom. The average Bonchev–Trinajstić information content (AvgIpc) is 2.77. The number of anilines is 1. The number of hydrogen-bond acceptors (Lipinski definition) is 6. The van der Waals surface area contributed by atoms with Crippen LogP contribution in [0.4, 0.5) is 5.82 Å². The maximum atomic E-state index is 13.2. The summed E-state index contributed by atoms with van der Waals surface area (Å²) in [6, 6.07) is 7.98. The Labute approximate surface area is 176 Å². The summed E-state index contributed by atoms with van der Waals surface area (Å²) in [4.78, 5) is 33.9. The number of fused-ring (bicyclic) bond motifs is 4. The molecular weight excluding hydrogens is 380 g/mol. The lowest BCUT2D eigenvalue weighted by Gasteiger charge is -2.43. The molecule has 0 aromatic carbocycles. The van der Waals surface area contributed by atoms with Crippen molar-refractivity contribution in [1.82, 2.24) is 14.5 Å². The second-order valence-electron chi connectivity index (χ2n) is 8.75. The molecule has 7 nitrogen and oxygen atoms in total. The van der Waals surface area contributed by atoms with Gasteiger partial charge in [-0.05, 0) is 37.5 Å². The summed E-state index contributed by atoms with van der Waals surface area (Å²) in [6.07, 6.45) is 2.78. The third-order valence-electron chi connectivity index (χ3n) is 6.66. The van der Waals surface area contributed by atoms with Gasteiger partial charge in [-0.3, -0.25) is 14.5 Å². The van der Waals surface area contributed by atoms with E-state index in [1.807, 2.05) is 22.8 Å². The van der Waals surface area contributed by atoms with E-state index >= 15 is 0 Å². The zero-order valence-corrected chi connectivity index (χ0v) is 17.4. The molecule has 30 heavy (non-hydrogen) atoms. The van der Waals surface area contributed by atoms with Gasteiger partial charge in [0.05, 0.1) is 13.2 Å². The minimum absolute atomic E-state index is 0.0331. The molecule has 3 aliphatic heterocycles. The molecule has 2 bridgehead atoms. The zero-order valence-electron chi connectivity index (χ0n) is 17.4. The standard InChI is InChI=1S/C23H28N4O3/c1-16(28)18-3-5-22(24-11-18)26-12-17-10-20(15-26)21-4-2-19(23(29)27(21)13-17)14-25-6-8-30-9-7-25/h2-5,11,17,20H,6-10,12-15H2,1H3/t17-,20+/m0/s1. The van der Waals surface area contributed by atoms with Crippen molar-refractivity contribution in [2.75, 3.05) is 44.3 Å². The molecule has 0 amide bonds. The van der Waals surface area contributed by atoms with Gasteiger partial charge in [0.2, 0.25) is 0 Å². The van der Waals surface area contributed by atoms with Crippen molar-refractivity contribution in [3.63, 3.8) is 0 Å². The highest BCUT2D eigenvalue weighted by Crippen LogP contribution is 2.36. The van der Waals surface area contributed by atoms with Crippen molar-refractivity contribution >= 4 is 11.6 Å². The number of ether oxygens (including phenoxy) is 1. The normalized spacial score (nSPS) is 23.8. The van der Waals surface area contributed by atoms with E-state index in [1.54, 1.807) is 13.1 Å². The van der Waals surface area contributed by atoms with E-state index in [4.69, 9.17) is 4.74 Å². The highest BCUT2D eigenvalue weighted by Gasteiger charge is 2.35. The smallest absolute Gasteiger partial charge is 0.255 e. The van der Waals surface area contributed by atoms with E-state index in [2.05, 4.69) is 20.9 Å². The fourth-order valence-electron chi connectivity index (χ4n) is 5.08. The molecule has 2 fully saturated rings. The number of aromatic nitrogens is 2. The Balaban J connectivity index is 1.36. The maximum Gasteiger partial charge on any atom is 0.255 e. The number of Topliss-reactive ketones (excluding diaryl/α,β-unsaturated/α-hetero) is 1. The van der Waals surface area contributed by atoms with Gasteiger partial charge in [0.15, 0.2) is 5.78 Å². The highest BCUT2D eigenvalue weighted by molar-refractivity contribution is 5.93. The van der Waals surface area contributed by atoms with E-state index in [9.17, 15) is 9.59 Å². The predicted molar refractivity (Wildman–Crippen MR) is 114 cm³/mol. The number of carbonyl (C=O) groups is 1. The molecule has 0 spiro atoms. The van der Waals surface area contributed by atoms with Crippen LogP contribution in [-0.2, 0) is 17.8 Å². The number of piperidine rings is 1. The zero-order chi connectivity index (χ0) is 20.7. The van der Waals surface area contributed by atoms with Crippen molar-refractivity contribution in [2.45, 2.75) is 32.4 Å². The second kappa shape index (κ2) is 7.96. The average molecular weight is 409 g/mol. The molecule has 0 radical (unpaired) electrons. The van der Waals surface area contributed by atoms with Crippen molar-refractivity contribution < 1.29 is 9.53 Å². The van der Waals surface area contributed by atoms with E-state index in [-0.39, 0.29) is 11.3 Å². The van der Waals surface area contributed by atoms with Crippen LogP contribution in [0.3, 0.4) is 0 Å². The molecule has 7 heteroatoms. The minimum atomic E-state index is 0.0331. The van der Waals surface area contributed by atoms with Crippen LogP contribution in [0.25, 0.3) is 0 Å². The Kier molecular flexibility index (Phi) is 5.16. The van der Waals surface area contributed by atoms with Crippen molar-refractivity contribution in [1.29, 1.82) is 0 Å². The molecule has 5 rings (SSSR count). The van der Waals surface area contributed by atoms with Gasteiger partial charge in [0, 0.05) is 68.2 Å². The molecule has 0 unspecified atom stereocenters. The molecule has 2 aromatic rings. The van der Waals surface area contributed by atoms with Gasteiger partial charge in [-0.2, -0.15) is 0 Å². The Morgan fingerprint density at radius 3 is 2.70 bits per heavy atom. The molecule has 0 saturated carbocycles. The highest BCUT2D eigenvalue weighted by atomic mass is 16.5. The molecular formula is C23H28N4O3. The van der Waals surface area contributed by atoms with Crippen LogP contribution < -0.4 is 10.5 Å². The molecule has 2 aromatic heterocycles. The lowest BCUT2D eigenvalue weighted by atomic mass is 9.83. The number of ketones is 1. The van der Waals surface area contributed by atoms with Crippen LogP contribution in [0, 0.1) is 5.92 Å². The van der Waals surface area contributed by atoms with Gasteiger partial charge < -0.3 is 14.2 Å². The Morgan fingerprint density at radius 2 is 1.97 bits per heavy atom. The number of nitrogens with zero attached hydrogens (tertiary/aromatic N) is 4. The topological polar surface area (TPSA) is 67.7 Å². The van der Waals surface area contributed by atoms with E-state index < -0.39 is 0 Å². The summed E-state index contributed by atoms with van der Waals surface area (Å²) in [5.41, 5.74) is 2.85. The van der Waals surface area contributed by atoms with Gasteiger partial charge in [0.25, 0.3) is 5.56 Å². The first-order chi connectivity index (χ1) is 14.6. The van der Waals surface area contributed by atoms with Gasteiger partial charge in [-0.25, -0.2) is 4.98 Å². The predicted octanol–water partition coefficient (Wildman–Crippen LogP) is 1.90. The number of pyridine rings is 2. The van der Waals surface area contributed by atoms with E-state index in [1.165, 1.54) is 0 Å².